The number of ketones is 3. The van der Waals surface area contributed by atoms with Crippen molar-refractivity contribution in [3.05, 3.63) is 46.2 Å². The molecule has 0 aliphatic heterocycles. The Morgan fingerprint density at radius 1 is 1.16 bits per heavy atom. The van der Waals surface area contributed by atoms with Crippen molar-refractivity contribution in [1.82, 2.24) is 4.90 Å². The molecule has 0 aromatic heterocycles. The standard InChI is InChI=1S/C22H23NO8/c1-8(24)12-19(28)16(23(2)3)15-17(26)10-7-9-5-4-6-11(25)13(9)18(27)14(10)21(30)22(15,31)20(12)29/h4-6,10,15-17,25-27,29,31H,7H2,1-3H3/t10-,15-,16+,17+,22-/m1/s1. The van der Waals surface area contributed by atoms with Crippen LogP contribution in [0.25, 0.3) is 5.76 Å². The molecule has 0 heterocycles. The van der Waals surface area contributed by atoms with Gasteiger partial charge in [0.1, 0.15) is 22.8 Å². The van der Waals surface area contributed by atoms with E-state index in [4.69, 9.17) is 0 Å². The number of carbonyl (C=O) groups excluding carboxylic acids is 3. The lowest BCUT2D eigenvalue weighted by molar-refractivity contribution is -0.168. The van der Waals surface area contributed by atoms with Gasteiger partial charge in [-0.05, 0) is 39.1 Å². The fourth-order valence-electron chi connectivity index (χ4n) is 5.30. The molecule has 1 aromatic rings. The van der Waals surface area contributed by atoms with Crippen molar-refractivity contribution in [2.45, 2.75) is 31.1 Å². The number of aromatic hydroxyl groups is 1. The molecular weight excluding hydrogens is 406 g/mol. The molecule has 1 saturated carbocycles. The predicted octanol–water partition coefficient (Wildman–Crippen LogP) is 0.0385. The molecule has 1 fully saturated rings. The van der Waals surface area contributed by atoms with Gasteiger partial charge in [0.2, 0.25) is 5.78 Å². The van der Waals surface area contributed by atoms with Crippen molar-refractivity contribution in [3.63, 3.8) is 0 Å². The third-order valence-electron chi connectivity index (χ3n) is 6.65. The number of carbonyl (C=O) groups is 3. The molecule has 0 spiro atoms. The number of fused-ring (bicyclic) bond motifs is 3. The second-order valence-corrected chi connectivity index (χ2v) is 8.55. The van der Waals surface area contributed by atoms with Crippen LogP contribution in [-0.2, 0) is 20.8 Å². The Kier molecular flexibility index (Phi) is 4.62. The van der Waals surface area contributed by atoms with E-state index in [1.807, 2.05) is 0 Å². The number of benzene rings is 1. The van der Waals surface area contributed by atoms with Crippen molar-refractivity contribution < 1.29 is 39.9 Å². The molecule has 0 unspecified atom stereocenters. The largest absolute Gasteiger partial charge is 0.508 e. The lowest BCUT2D eigenvalue weighted by Gasteiger charge is -2.52. The molecule has 9 heteroatoms. The Bertz CT molecular complexity index is 1100. The van der Waals surface area contributed by atoms with E-state index < -0.39 is 64.0 Å². The molecule has 31 heavy (non-hydrogen) atoms. The first-order valence-electron chi connectivity index (χ1n) is 9.79. The summed E-state index contributed by atoms with van der Waals surface area (Å²) in [5.74, 6) is -7.26. The smallest absolute Gasteiger partial charge is 0.202 e. The summed E-state index contributed by atoms with van der Waals surface area (Å²) in [6, 6.07) is 3.23. The minimum atomic E-state index is -2.80. The summed E-state index contributed by atoms with van der Waals surface area (Å²) < 4.78 is 0. The number of hydrogen-bond donors (Lipinski definition) is 5. The number of hydrogen-bond acceptors (Lipinski definition) is 9. The molecule has 164 valence electrons. The highest BCUT2D eigenvalue weighted by Crippen LogP contribution is 2.52. The molecule has 9 nitrogen and oxygen atoms in total. The van der Waals surface area contributed by atoms with Gasteiger partial charge in [0.25, 0.3) is 0 Å². The van der Waals surface area contributed by atoms with Crippen LogP contribution in [0.15, 0.2) is 35.1 Å². The van der Waals surface area contributed by atoms with E-state index in [1.165, 1.54) is 25.1 Å². The zero-order valence-electron chi connectivity index (χ0n) is 17.2. The maximum Gasteiger partial charge on any atom is 0.202 e. The lowest BCUT2D eigenvalue weighted by atomic mass is 9.56. The van der Waals surface area contributed by atoms with Gasteiger partial charge in [-0.15, -0.1) is 0 Å². The molecule has 3 aliphatic rings. The fourth-order valence-corrected chi connectivity index (χ4v) is 5.30. The number of phenols is 1. The van der Waals surface area contributed by atoms with E-state index in [0.717, 1.165) is 6.92 Å². The molecular formula is C22H23NO8. The van der Waals surface area contributed by atoms with Crippen molar-refractivity contribution in [2.24, 2.45) is 11.8 Å². The Hall–Kier alpha value is -3.01. The van der Waals surface area contributed by atoms with E-state index in [1.54, 1.807) is 12.1 Å². The molecule has 1 aromatic carbocycles. The Balaban J connectivity index is 2.03. The van der Waals surface area contributed by atoms with Gasteiger partial charge in [-0.25, -0.2) is 0 Å². The first kappa shape index (κ1) is 21.2. The second kappa shape index (κ2) is 6.74. The average molecular weight is 429 g/mol. The molecule has 0 radical (unpaired) electrons. The summed E-state index contributed by atoms with van der Waals surface area (Å²) in [4.78, 5) is 40.1. The highest BCUT2D eigenvalue weighted by Gasteiger charge is 2.67. The molecule has 0 saturated heterocycles. The van der Waals surface area contributed by atoms with E-state index in [-0.39, 0.29) is 23.3 Å². The number of aliphatic hydroxyl groups excluding tert-OH is 3. The quantitative estimate of drug-likeness (QED) is 0.410. The number of aliphatic hydroxyl groups is 4. The molecule has 0 amide bonds. The number of Topliss-reactive ketones (excluding diaryl/α,β-unsaturated/α-hetero) is 3. The third kappa shape index (κ3) is 2.57. The molecule has 5 N–H and O–H groups in total. The maximum absolute atomic E-state index is 13.6. The van der Waals surface area contributed by atoms with Crippen LogP contribution < -0.4 is 0 Å². The Labute approximate surface area is 177 Å². The average Bonchev–Trinajstić information content (AvgIpc) is 2.67. The van der Waals surface area contributed by atoms with Gasteiger partial charge in [0, 0.05) is 11.5 Å². The number of phenolic OH excluding ortho intramolecular Hbond substituents is 1. The van der Waals surface area contributed by atoms with E-state index in [2.05, 4.69) is 0 Å². The molecule has 0 bridgehead atoms. The van der Waals surface area contributed by atoms with E-state index in [0.29, 0.717) is 5.56 Å². The minimum Gasteiger partial charge on any atom is -0.508 e. The van der Waals surface area contributed by atoms with Gasteiger partial charge < -0.3 is 25.5 Å². The Morgan fingerprint density at radius 3 is 2.39 bits per heavy atom. The Morgan fingerprint density at radius 2 is 1.81 bits per heavy atom. The molecule has 5 atom stereocenters. The summed E-state index contributed by atoms with van der Waals surface area (Å²) in [5.41, 5.74) is -3.39. The summed E-state index contributed by atoms with van der Waals surface area (Å²) >= 11 is 0. The summed E-state index contributed by atoms with van der Waals surface area (Å²) in [6.45, 7) is 1.03. The van der Waals surface area contributed by atoms with Crippen LogP contribution in [0, 0.1) is 11.8 Å². The van der Waals surface area contributed by atoms with Gasteiger partial charge in [0.15, 0.2) is 17.2 Å². The minimum absolute atomic E-state index is 0.00246. The van der Waals surface area contributed by atoms with Gasteiger partial charge >= 0.3 is 0 Å². The zero-order chi connectivity index (χ0) is 23.0. The number of rotatable bonds is 2. The molecule has 3 aliphatic carbocycles. The third-order valence-corrected chi connectivity index (χ3v) is 6.65. The second-order valence-electron chi connectivity index (χ2n) is 8.55. The number of likely N-dealkylation sites (N-methyl/N-ethyl adjacent to an activating group) is 1. The van der Waals surface area contributed by atoms with Crippen molar-refractivity contribution >= 4 is 23.1 Å². The normalized spacial score (nSPS) is 32.7. The van der Waals surface area contributed by atoms with E-state index in [9.17, 15) is 39.9 Å². The van der Waals surface area contributed by atoms with Crippen LogP contribution in [0.3, 0.4) is 0 Å². The predicted molar refractivity (Wildman–Crippen MR) is 107 cm³/mol. The van der Waals surface area contributed by atoms with Crippen LogP contribution in [0.5, 0.6) is 5.75 Å². The van der Waals surface area contributed by atoms with Crippen molar-refractivity contribution in [1.29, 1.82) is 0 Å². The summed E-state index contributed by atoms with van der Waals surface area (Å²) in [5, 5.41) is 54.5. The van der Waals surface area contributed by atoms with Gasteiger partial charge in [-0.1, -0.05) is 12.1 Å². The fraction of sp³-hybridized carbons (Fsp3) is 0.409. The van der Waals surface area contributed by atoms with Crippen LogP contribution >= 0.6 is 0 Å². The van der Waals surface area contributed by atoms with Gasteiger partial charge in [-0.2, -0.15) is 0 Å². The first-order valence-corrected chi connectivity index (χ1v) is 9.79. The van der Waals surface area contributed by atoms with Crippen LogP contribution in [0.4, 0.5) is 0 Å². The van der Waals surface area contributed by atoms with Crippen molar-refractivity contribution in [2.75, 3.05) is 14.1 Å². The first-order chi connectivity index (χ1) is 14.4. The van der Waals surface area contributed by atoms with E-state index >= 15 is 0 Å². The molecule has 4 rings (SSSR count). The van der Waals surface area contributed by atoms with Gasteiger partial charge in [0.05, 0.1) is 23.6 Å². The van der Waals surface area contributed by atoms with Crippen LogP contribution in [0.1, 0.15) is 18.1 Å². The topological polar surface area (TPSA) is 156 Å². The highest BCUT2D eigenvalue weighted by molar-refractivity contribution is 6.25. The SMILES string of the molecule is CC(=O)C1=C(O)[C@@]2(O)C(=O)C3=C(O)c4c(O)cccc4C[C@H]3[C@H](O)[C@H]2[C@H](N(C)C)C1=O. The number of nitrogens with zero attached hydrogens (tertiary/aromatic N) is 1. The van der Waals surface area contributed by atoms with Crippen molar-refractivity contribution in [3.8, 4) is 5.75 Å². The van der Waals surface area contributed by atoms with Crippen LogP contribution in [-0.4, -0.2) is 79.6 Å². The maximum atomic E-state index is 13.6. The zero-order valence-corrected chi connectivity index (χ0v) is 17.2. The summed E-state index contributed by atoms with van der Waals surface area (Å²) in [7, 11) is 2.99. The summed E-state index contributed by atoms with van der Waals surface area (Å²) in [6.07, 6.45) is -1.47. The van der Waals surface area contributed by atoms with Crippen LogP contribution in [0.2, 0.25) is 0 Å². The highest BCUT2D eigenvalue weighted by atomic mass is 16.4. The lowest BCUT2D eigenvalue weighted by Crippen LogP contribution is -2.70. The monoisotopic (exact) mass is 429 g/mol. The van der Waals surface area contributed by atoms with Gasteiger partial charge in [-0.3, -0.25) is 19.3 Å².